The summed E-state index contributed by atoms with van der Waals surface area (Å²) in [5.41, 5.74) is -1.84. The molecule has 84 valence electrons. The Kier molecular flexibility index (Phi) is 3.44. The van der Waals surface area contributed by atoms with Crippen molar-refractivity contribution in [2.24, 2.45) is 7.05 Å². The van der Waals surface area contributed by atoms with E-state index in [-0.39, 0.29) is 10.5 Å². The summed E-state index contributed by atoms with van der Waals surface area (Å²) in [4.78, 5) is 11.2. The molecule has 15 heavy (non-hydrogen) atoms. The van der Waals surface area contributed by atoms with Gasteiger partial charge in [0, 0.05) is 7.05 Å². The van der Waals surface area contributed by atoms with Gasteiger partial charge in [-0.3, -0.25) is 9.48 Å². The van der Waals surface area contributed by atoms with Gasteiger partial charge in [0.2, 0.25) is 0 Å². The number of carbonyl (C=O) groups excluding carboxylic acids is 1. The van der Waals surface area contributed by atoms with Crippen molar-refractivity contribution < 1.29 is 18.0 Å². The standard InChI is InChI=1S/C7H5BrClF3N2O/c1-14-6(9)4(3(15)2-8)5(13-14)7(10,11)12/h2H2,1H3. The minimum absolute atomic E-state index is 0.235. The van der Waals surface area contributed by atoms with E-state index in [9.17, 15) is 18.0 Å². The summed E-state index contributed by atoms with van der Waals surface area (Å²) < 4.78 is 38.1. The van der Waals surface area contributed by atoms with Gasteiger partial charge in [-0.25, -0.2) is 0 Å². The molecule has 0 amide bonds. The number of ketones is 1. The lowest BCUT2D eigenvalue weighted by atomic mass is 10.2. The van der Waals surface area contributed by atoms with Crippen LogP contribution in [-0.2, 0) is 13.2 Å². The Morgan fingerprint density at radius 2 is 2.13 bits per heavy atom. The van der Waals surface area contributed by atoms with Crippen LogP contribution in [0.15, 0.2) is 0 Å². The zero-order valence-electron chi connectivity index (χ0n) is 7.40. The van der Waals surface area contributed by atoms with Crippen LogP contribution >= 0.6 is 27.5 Å². The number of hydrogen-bond acceptors (Lipinski definition) is 2. The highest BCUT2D eigenvalue weighted by molar-refractivity contribution is 9.09. The van der Waals surface area contributed by atoms with Crippen molar-refractivity contribution in [3.63, 3.8) is 0 Å². The Morgan fingerprint density at radius 1 is 1.60 bits per heavy atom. The molecular weight excluding hydrogens is 300 g/mol. The lowest BCUT2D eigenvalue weighted by molar-refractivity contribution is -0.141. The third-order valence-electron chi connectivity index (χ3n) is 1.65. The Balaban J connectivity index is 3.40. The van der Waals surface area contributed by atoms with Crippen molar-refractivity contribution in [3.8, 4) is 0 Å². The number of rotatable bonds is 2. The molecule has 0 fully saturated rings. The van der Waals surface area contributed by atoms with Crippen molar-refractivity contribution in [2.75, 3.05) is 5.33 Å². The van der Waals surface area contributed by atoms with E-state index in [0.29, 0.717) is 0 Å². The van der Waals surface area contributed by atoms with E-state index in [1.807, 2.05) is 0 Å². The number of nitrogens with zero attached hydrogens (tertiary/aromatic N) is 2. The third-order valence-corrected chi connectivity index (χ3v) is 2.59. The SMILES string of the molecule is Cn1nc(C(F)(F)F)c(C(=O)CBr)c1Cl. The highest BCUT2D eigenvalue weighted by Gasteiger charge is 2.40. The number of carbonyl (C=O) groups is 1. The Labute approximate surface area is 96.3 Å². The van der Waals surface area contributed by atoms with Crippen LogP contribution in [-0.4, -0.2) is 20.9 Å². The van der Waals surface area contributed by atoms with Gasteiger partial charge in [0.1, 0.15) is 5.15 Å². The average Bonchev–Trinajstić information content (AvgIpc) is 2.42. The first-order valence-electron chi connectivity index (χ1n) is 3.68. The van der Waals surface area contributed by atoms with Crippen LogP contribution in [0.25, 0.3) is 0 Å². The molecule has 0 radical (unpaired) electrons. The highest BCUT2D eigenvalue weighted by Crippen LogP contribution is 2.34. The van der Waals surface area contributed by atoms with Gasteiger partial charge < -0.3 is 0 Å². The summed E-state index contributed by atoms with van der Waals surface area (Å²) in [6, 6.07) is 0. The van der Waals surface area contributed by atoms with Gasteiger partial charge in [-0.1, -0.05) is 27.5 Å². The lowest BCUT2D eigenvalue weighted by Gasteiger charge is -2.03. The zero-order valence-corrected chi connectivity index (χ0v) is 9.74. The summed E-state index contributed by atoms with van der Waals surface area (Å²) >= 11 is 8.34. The minimum atomic E-state index is -4.68. The molecule has 0 N–H and O–H groups in total. The minimum Gasteiger partial charge on any atom is -0.293 e. The van der Waals surface area contributed by atoms with Gasteiger partial charge in [0.05, 0.1) is 10.9 Å². The van der Waals surface area contributed by atoms with Crippen LogP contribution in [0.1, 0.15) is 16.1 Å². The maximum absolute atomic E-state index is 12.4. The Bertz CT molecular complexity index is 402. The molecule has 1 aromatic rings. The molecule has 0 aromatic carbocycles. The predicted octanol–water partition coefficient (Wildman–Crippen LogP) is 2.67. The summed E-state index contributed by atoms with van der Waals surface area (Å²) in [7, 11) is 1.24. The first kappa shape index (κ1) is 12.5. The van der Waals surface area contributed by atoms with E-state index in [0.717, 1.165) is 4.68 Å². The number of alkyl halides is 4. The maximum Gasteiger partial charge on any atom is 0.435 e. The molecule has 1 heterocycles. The van der Waals surface area contributed by atoms with Crippen LogP contribution < -0.4 is 0 Å². The van der Waals surface area contributed by atoms with Gasteiger partial charge in [-0.2, -0.15) is 18.3 Å². The average molecular weight is 305 g/mol. The van der Waals surface area contributed by atoms with Crippen LogP contribution in [0, 0.1) is 0 Å². The fourth-order valence-corrected chi connectivity index (χ4v) is 1.53. The highest BCUT2D eigenvalue weighted by atomic mass is 79.9. The fraction of sp³-hybridized carbons (Fsp3) is 0.429. The molecule has 8 heteroatoms. The van der Waals surface area contributed by atoms with E-state index >= 15 is 0 Å². The van der Waals surface area contributed by atoms with E-state index in [4.69, 9.17) is 11.6 Å². The first-order chi connectivity index (χ1) is 6.79. The molecular formula is C7H5BrClF3N2O. The lowest BCUT2D eigenvalue weighted by Crippen LogP contribution is -2.13. The Morgan fingerprint density at radius 3 is 2.53 bits per heavy atom. The molecule has 0 saturated heterocycles. The van der Waals surface area contributed by atoms with Crippen LogP contribution in [0.3, 0.4) is 0 Å². The quantitative estimate of drug-likeness (QED) is 0.622. The van der Waals surface area contributed by atoms with Crippen LogP contribution in [0.2, 0.25) is 5.15 Å². The second-order valence-electron chi connectivity index (χ2n) is 2.69. The smallest absolute Gasteiger partial charge is 0.293 e. The molecule has 0 unspecified atom stereocenters. The second kappa shape index (κ2) is 4.13. The summed E-state index contributed by atoms with van der Waals surface area (Å²) in [5.74, 6) is -0.750. The van der Waals surface area contributed by atoms with Gasteiger partial charge in [0.25, 0.3) is 0 Å². The fourth-order valence-electron chi connectivity index (χ4n) is 1.02. The van der Waals surface area contributed by atoms with Gasteiger partial charge in [0.15, 0.2) is 11.5 Å². The van der Waals surface area contributed by atoms with Crippen molar-refractivity contribution in [2.45, 2.75) is 6.18 Å². The van der Waals surface area contributed by atoms with E-state index in [1.54, 1.807) is 0 Å². The third kappa shape index (κ3) is 2.34. The summed E-state index contributed by atoms with van der Waals surface area (Å²) in [6.07, 6.45) is -4.68. The van der Waals surface area contributed by atoms with Crippen molar-refractivity contribution in [3.05, 3.63) is 16.4 Å². The normalized spacial score (nSPS) is 11.9. The molecule has 0 atom stereocenters. The molecule has 0 spiro atoms. The van der Waals surface area contributed by atoms with Gasteiger partial charge in [-0.15, -0.1) is 0 Å². The first-order valence-corrected chi connectivity index (χ1v) is 5.17. The monoisotopic (exact) mass is 304 g/mol. The maximum atomic E-state index is 12.4. The number of halogens is 5. The Hall–Kier alpha value is -0.560. The van der Waals surface area contributed by atoms with Crippen LogP contribution in [0.5, 0.6) is 0 Å². The number of aryl methyl sites for hydroxylation is 1. The molecule has 0 bridgehead atoms. The molecule has 0 saturated carbocycles. The molecule has 0 aliphatic carbocycles. The van der Waals surface area contributed by atoms with E-state index in [1.165, 1.54) is 7.05 Å². The van der Waals surface area contributed by atoms with Gasteiger partial charge in [-0.05, 0) is 0 Å². The van der Waals surface area contributed by atoms with E-state index in [2.05, 4.69) is 21.0 Å². The van der Waals surface area contributed by atoms with Gasteiger partial charge >= 0.3 is 6.18 Å². The number of Topliss-reactive ketones (excluding diaryl/α,β-unsaturated/α-hetero) is 1. The predicted molar refractivity (Wildman–Crippen MR) is 51.3 cm³/mol. The largest absolute Gasteiger partial charge is 0.435 e. The van der Waals surface area contributed by atoms with E-state index < -0.39 is 23.2 Å². The zero-order chi connectivity index (χ0) is 11.8. The van der Waals surface area contributed by atoms with Crippen molar-refractivity contribution in [1.82, 2.24) is 9.78 Å². The van der Waals surface area contributed by atoms with Crippen LogP contribution in [0.4, 0.5) is 13.2 Å². The molecule has 1 rings (SSSR count). The number of aromatic nitrogens is 2. The molecule has 3 nitrogen and oxygen atoms in total. The second-order valence-corrected chi connectivity index (χ2v) is 3.61. The summed E-state index contributed by atoms with van der Waals surface area (Å²) in [5, 5.41) is 2.62. The molecule has 0 aliphatic heterocycles. The van der Waals surface area contributed by atoms with Crippen molar-refractivity contribution >= 4 is 33.3 Å². The number of hydrogen-bond donors (Lipinski definition) is 0. The molecule has 0 aliphatic rings. The summed E-state index contributed by atoms with van der Waals surface area (Å²) in [6.45, 7) is 0. The van der Waals surface area contributed by atoms with Crippen molar-refractivity contribution in [1.29, 1.82) is 0 Å². The topological polar surface area (TPSA) is 34.9 Å². The molecule has 1 aromatic heterocycles.